The maximum absolute atomic E-state index is 12.8. The van der Waals surface area contributed by atoms with Gasteiger partial charge in [0.25, 0.3) is 0 Å². The van der Waals surface area contributed by atoms with Crippen LogP contribution >= 0.6 is 0 Å². The third-order valence-corrected chi connectivity index (χ3v) is 6.19. The molecule has 4 aromatic carbocycles. The highest BCUT2D eigenvalue weighted by Crippen LogP contribution is 2.27. The predicted octanol–water partition coefficient (Wildman–Crippen LogP) is 6.72. The van der Waals surface area contributed by atoms with E-state index in [0.29, 0.717) is 46.7 Å². The molecule has 0 saturated carbocycles. The summed E-state index contributed by atoms with van der Waals surface area (Å²) >= 11 is 0. The number of hydrogen-bond acceptors (Lipinski definition) is 6. The van der Waals surface area contributed by atoms with Crippen LogP contribution in [-0.2, 0) is 13.2 Å². The molecule has 2 aromatic heterocycles. The third kappa shape index (κ3) is 4.92. The monoisotopic (exact) mass is 502 g/mol. The van der Waals surface area contributed by atoms with E-state index in [4.69, 9.17) is 18.3 Å². The molecule has 0 bridgehead atoms. The van der Waals surface area contributed by atoms with Crippen molar-refractivity contribution in [3.63, 3.8) is 0 Å². The van der Waals surface area contributed by atoms with Crippen molar-refractivity contribution in [2.24, 2.45) is 0 Å². The first kappa shape index (κ1) is 23.3. The molecule has 0 aliphatic carbocycles. The second-order valence-electron chi connectivity index (χ2n) is 8.84. The predicted molar refractivity (Wildman–Crippen MR) is 146 cm³/mol. The number of benzene rings is 4. The van der Waals surface area contributed by atoms with Gasteiger partial charge in [-0.2, -0.15) is 0 Å². The fraction of sp³-hybridized carbons (Fsp3) is 0.0625. The molecule has 0 atom stereocenters. The highest BCUT2D eigenvalue weighted by molar-refractivity contribution is 5.86. The summed E-state index contributed by atoms with van der Waals surface area (Å²) in [6.07, 6.45) is 0. The lowest BCUT2D eigenvalue weighted by atomic mass is 10.1. The third-order valence-electron chi connectivity index (χ3n) is 6.19. The average molecular weight is 503 g/mol. The van der Waals surface area contributed by atoms with Crippen molar-refractivity contribution < 1.29 is 18.3 Å². The molecular weight excluding hydrogens is 480 g/mol. The molecular formula is C32H22O6. The van der Waals surface area contributed by atoms with Gasteiger partial charge in [-0.25, -0.2) is 9.59 Å². The van der Waals surface area contributed by atoms with Crippen LogP contribution in [0, 0.1) is 0 Å². The second kappa shape index (κ2) is 10.1. The van der Waals surface area contributed by atoms with Crippen molar-refractivity contribution in [1.82, 2.24) is 0 Å². The quantitative estimate of drug-likeness (QED) is 0.225. The first-order chi connectivity index (χ1) is 18.6. The van der Waals surface area contributed by atoms with Crippen molar-refractivity contribution in [3.05, 3.63) is 141 Å². The fourth-order valence-corrected chi connectivity index (χ4v) is 4.24. The summed E-state index contributed by atoms with van der Waals surface area (Å²) in [6, 6.07) is 33.3. The van der Waals surface area contributed by atoms with Crippen molar-refractivity contribution >= 4 is 21.9 Å². The molecule has 2 heterocycles. The minimum Gasteiger partial charge on any atom is -0.489 e. The molecule has 6 nitrogen and oxygen atoms in total. The van der Waals surface area contributed by atoms with E-state index in [1.807, 2.05) is 60.7 Å². The van der Waals surface area contributed by atoms with Crippen LogP contribution in [-0.4, -0.2) is 0 Å². The summed E-state index contributed by atoms with van der Waals surface area (Å²) in [5, 5.41) is 1.26. The van der Waals surface area contributed by atoms with E-state index in [-0.39, 0.29) is 11.1 Å². The lowest BCUT2D eigenvalue weighted by Gasteiger charge is -2.09. The van der Waals surface area contributed by atoms with Crippen LogP contribution in [0.5, 0.6) is 11.5 Å². The largest absolute Gasteiger partial charge is 0.489 e. The van der Waals surface area contributed by atoms with Gasteiger partial charge < -0.3 is 18.3 Å². The van der Waals surface area contributed by atoms with Gasteiger partial charge in [0.15, 0.2) is 0 Å². The molecule has 0 spiro atoms. The molecule has 6 heteroatoms. The normalized spacial score (nSPS) is 11.1. The lowest BCUT2D eigenvalue weighted by Crippen LogP contribution is -2.10. The smallest absolute Gasteiger partial charge is 0.344 e. The Balaban J connectivity index is 1.32. The Morgan fingerprint density at radius 3 is 1.34 bits per heavy atom. The summed E-state index contributed by atoms with van der Waals surface area (Å²) in [4.78, 5) is 25.7. The van der Waals surface area contributed by atoms with Crippen LogP contribution in [0.1, 0.15) is 11.1 Å². The van der Waals surface area contributed by atoms with E-state index >= 15 is 0 Å². The average Bonchev–Trinajstić information content (AvgIpc) is 2.95. The van der Waals surface area contributed by atoms with Crippen LogP contribution in [0.4, 0.5) is 0 Å². The fourth-order valence-electron chi connectivity index (χ4n) is 4.24. The number of ether oxygens (including phenoxy) is 2. The Kier molecular flexibility index (Phi) is 6.20. The second-order valence-corrected chi connectivity index (χ2v) is 8.84. The molecule has 38 heavy (non-hydrogen) atoms. The lowest BCUT2D eigenvalue weighted by molar-refractivity contribution is 0.306. The maximum atomic E-state index is 12.8. The van der Waals surface area contributed by atoms with Crippen molar-refractivity contribution in [2.45, 2.75) is 13.2 Å². The van der Waals surface area contributed by atoms with Crippen molar-refractivity contribution in [1.29, 1.82) is 0 Å². The SMILES string of the molecule is O=c1oc2ccc(OCc3ccccc3)cc2cc1-c1cc2cc(OCc3ccccc3)ccc2oc1=O. The van der Waals surface area contributed by atoms with E-state index in [1.165, 1.54) is 0 Å². The first-order valence-corrected chi connectivity index (χ1v) is 12.1. The molecule has 0 amide bonds. The Morgan fingerprint density at radius 2 is 0.921 bits per heavy atom. The van der Waals surface area contributed by atoms with Crippen molar-refractivity contribution in [2.75, 3.05) is 0 Å². The zero-order chi connectivity index (χ0) is 25.9. The van der Waals surface area contributed by atoms with Crippen LogP contribution < -0.4 is 20.7 Å². The Bertz CT molecular complexity index is 1710. The van der Waals surface area contributed by atoms with Crippen molar-refractivity contribution in [3.8, 4) is 22.6 Å². The molecule has 0 N–H and O–H groups in total. The summed E-state index contributed by atoms with van der Waals surface area (Å²) < 4.78 is 22.9. The number of fused-ring (bicyclic) bond motifs is 2. The van der Waals surface area contributed by atoms with E-state index in [2.05, 4.69) is 0 Å². The van der Waals surface area contributed by atoms with Gasteiger partial charge in [-0.3, -0.25) is 0 Å². The van der Waals surface area contributed by atoms with Gasteiger partial charge in [0.05, 0.1) is 11.1 Å². The summed E-state index contributed by atoms with van der Waals surface area (Å²) in [6.45, 7) is 0.803. The highest BCUT2D eigenvalue weighted by Gasteiger charge is 2.15. The van der Waals surface area contributed by atoms with Crippen LogP contribution in [0.3, 0.4) is 0 Å². The van der Waals surface area contributed by atoms with Crippen LogP contribution in [0.25, 0.3) is 33.1 Å². The van der Waals surface area contributed by atoms with Gasteiger partial charge in [-0.15, -0.1) is 0 Å². The first-order valence-electron chi connectivity index (χ1n) is 12.1. The Morgan fingerprint density at radius 1 is 0.500 bits per heavy atom. The zero-order valence-electron chi connectivity index (χ0n) is 20.3. The van der Waals surface area contributed by atoms with Crippen LogP contribution in [0.2, 0.25) is 0 Å². The molecule has 0 radical (unpaired) electrons. The molecule has 0 unspecified atom stereocenters. The van der Waals surface area contributed by atoms with E-state index < -0.39 is 11.3 Å². The number of rotatable bonds is 7. The summed E-state index contributed by atoms with van der Waals surface area (Å²) in [5.41, 5.74) is 1.84. The summed E-state index contributed by atoms with van der Waals surface area (Å²) in [5.74, 6) is 1.24. The molecule has 186 valence electrons. The molecule has 0 saturated heterocycles. The highest BCUT2D eigenvalue weighted by atomic mass is 16.5. The van der Waals surface area contributed by atoms with Gasteiger partial charge in [0.2, 0.25) is 0 Å². The molecule has 0 aliphatic rings. The number of hydrogen-bond donors (Lipinski definition) is 0. The maximum Gasteiger partial charge on any atom is 0.344 e. The minimum atomic E-state index is -0.626. The minimum absolute atomic E-state index is 0.115. The Hall–Kier alpha value is -5.10. The Labute approximate surface area is 217 Å². The van der Waals surface area contributed by atoms with Gasteiger partial charge >= 0.3 is 11.3 Å². The van der Waals surface area contributed by atoms with E-state index in [9.17, 15) is 9.59 Å². The summed E-state index contributed by atoms with van der Waals surface area (Å²) in [7, 11) is 0. The topological polar surface area (TPSA) is 78.9 Å². The van der Waals surface area contributed by atoms with Gasteiger partial charge in [0.1, 0.15) is 35.9 Å². The van der Waals surface area contributed by atoms with Gasteiger partial charge in [-0.05, 0) is 59.7 Å². The molecule has 0 aliphatic heterocycles. The molecule has 6 rings (SSSR count). The van der Waals surface area contributed by atoms with Gasteiger partial charge in [-0.1, -0.05) is 60.7 Å². The van der Waals surface area contributed by atoms with Crippen LogP contribution in [0.15, 0.2) is 128 Å². The molecule has 0 fully saturated rings. The molecule has 6 aromatic rings. The zero-order valence-corrected chi connectivity index (χ0v) is 20.3. The standard InChI is InChI=1S/C32H22O6/c33-31-27(17-23-15-25(11-13-29(23)37-31)35-19-21-7-3-1-4-8-21)28-18-24-16-26(12-14-30(24)38-32(28)34)36-20-22-9-5-2-6-10-22/h1-18H,19-20H2. The van der Waals surface area contributed by atoms with Gasteiger partial charge in [0, 0.05) is 10.8 Å². The van der Waals surface area contributed by atoms with E-state index in [0.717, 1.165) is 11.1 Å². The van der Waals surface area contributed by atoms with E-state index in [1.54, 1.807) is 48.5 Å².